The van der Waals surface area contributed by atoms with Crippen LogP contribution in [0, 0.1) is 5.92 Å². The van der Waals surface area contributed by atoms with E-state index in [4.69, 9.17) is 0 Å². The molecular weight excluding hydrogens is 190 g/mol. The lowest BCUT2D eigenvalue weighted by Gasteiger charge is -2.19. The van der Waals surface area contributed by atoms with Gasteiger partial charge in [-0.1, -0.05) is 12.8 Å². The molecule has 2 atom stereocenters. The molecule has 0 spiro atoms. The van der Waals surface area contributed by atoms with Gasteiger partial charge in [-0.15, -0.1) is 0 Å². The van der Waals surface area contributed by atoms with E-state index in [0.29, 0.717) is 12.1 Å². The molecule has 2 rings (SSSR count). The molecule has 1 saturated carbocycles. The molecule has 1 aliphatic rings. The largest absolute Gasteiger partial charge is 0.308 e. The van der Waals surface area contributed by atoms with Crippen LogP contribution in [0.2, 0.25) is 0 Å². The molecule has 1 aliphatic carbocycles. The average Bonchev–Trinajstić information content (AvgIpc) is 2.80. The van der Waals surface area contributed by atoms with Crippen molar-refractivity contribution >= 4 is 11.3 Å². The van der Waals surface area contributed by atoms with Crippen LogP contribution in [0.3, 0.4) is 0 Å². The van der Waals surface area contributed by atoms with Crippen molar-refractivity contribution in [3.05, 3.63) is 22.4 Å². The molecule has 0 bridgehead atoms. The van der Waals surface area contributed by atoms with E-state index >= 15 is 0 Å². The molecule has 2 unspecified atom stereocenters. The molecule has 0 aliphatic heterocycles. The number of rotatable bonds is 5. The van der Waals surface area contributed by atoms with Crippen molar-refractivity contribution in [1.82, 2.24) is 5.32 Å². The third-order valence-corrected chi connectivity index (χ3v) is 3.66. The first-order valence-electron chi connectivity index (χ1n) is 5.54. The Morgan fingerprint density at radius 3 is 2.86 bits per heavy atom. The molecule has 1 N–H and O–H groups in total. The van der Waals surface area contributed by atoms with Crippen molar-refractivity contribution < 1.29 is 0 Å². The molecule has 1 aromatic heterocycles. The number of hydrogen-bond donors (Lipinski definition) is 1. The molecule has 1 heterocycles. The Labute approximate surface area is 90.5 Å². The number of thiophene rings is 1. The maximum Gasteiger partial charge on any atom is 0.0302 e. The zero-order chi connectivity index (χ0) is 9.97. The molecule has 1 fully saturated rings. The smallest absolute Gasteiger partial charge is 0.0302 e. The van der Waals surface area contributed by atoms with E-state index in [-0.39, 0.29) is 0 Å². The van der Waals surface area contributed by atoms with E-state index in [1.165, 1.54) is 24.8 Å². The Morgan fingerprint density at radius 2 is 2.29 bits per heavy atom. The molecule has 1 aromatic rings. The lowest BCUT2D eigenvalue weighted by Crippen LogP contribution is -2.29. The maximum atomic E-state index is 3.66. The fourth-order valence-electron chi connectivity index (χ4n) is 1.97. The van der Waals surface area contributed by atoms with E-state index in [2.05, 4.69) is 36.0 Å². The summed E-state index contributed by atoms with van der Waals surface area (Å²) in [5.74, 6) is 1.02. The maximum absolute atomic E-state index is 3.66. The standard InChI is InChI=1S/C12H19NS/c1-9(7-11-3-4-11)13-10(2)12-5-6-14-8-12/h5-6,8-11,13H,3-4,7H2,1-2H3. The number of hydrogen-bond acceptors (Lipinski definition) is 2. The average molecular weight is 209 g/mol. The van der Waals surface area contributed by atoms with Gasteiger partial charge in [0.2, 0.25) is 0 Å². The minimum atomic E-state index is 0.509. The first kappa shape index (κ1) is 10.2. The first-order chi connectivity index (χ1) is 6.75. The lowest BCUT2D eigenvalue weighted by molar-refractivity contribution is 0.439. The molecule has 0 amide bonds. The van der Waals surface area contributed by atoms with Crippen LogP contribution in [0.4, 0.5) is 0 Å². The zero-order valence-electron chi connectivity index (χ0n) is 8.99. The molecule has 0 saturated heterocycles. The molecule has 1 nitrogen and oxygen atoms in total. The second-order valence-corrected chi connectivity index (χ2v) is 5.31. The minimum Gasteiger partial charge on any atom is -0.308 e. The Bertz CT molecular complexity index is 264. The van der Waals surface area contributed by atoms with Gasteiger partial charge >= 0.3 is 0 Å². The van der Waals surface area contributed by atoms with Crippen LogP contribution in [0.25, 0.3) is 0 Å². The highest BCUT2D eigenvalue weighted by Crippen LogP contribution is 2.33. The van der Waals surface area contributed by atoms with Gasteiger partial charge in [0.25, 0.3) is 0 Å². The van der Waals surface area contributed by atoms with E-state index in [0.717, 1.165) is 5.92 Å². The summed E-state index contributed by atoms with van der Waals surface area (Å²) < 4.78 is 0. The first-order valence-corrected chi connectivity index (χ1v) is 6.48. The van der Waals surface area contributed by atoms with Gasteiger partial charge in [-0.25, -0.2) is 0 Å². The quantitative estimate of drug-likeness (QED) is 0.781. The van der Waals surface area contributed by atoms with Gasteiger partial charge in [0.1, 0.15) is 0 Å². The van der Waals surface area contributed by atoms with E-state index in [9.17, 15) is 0 Å². The predicted octanol–water partition coefficient (Wildman–Crippen LogP) is 3.59. The Kier molecular flexibility index (Phi) is 3.24. The van der Waals surface area contributed by atoms with Crippen molar-refractivity contribution in [3.63, 3.8) is 0 Å². The van der Waals surface area contributed by atoms with Crippen LogP contribution < -0.4 is 5.32 Å². The van der Waals surface area contributed by atoms with Crippen LogP contribution in [0.15, 0.2) is 16.8 Å². The highest BCUT2D eigenvalue weighted by molar-refractivity contribution is 7.07. The van der Waals surface area contributed by atoms with Crippen LogP contribution in [-0.4, -0.2) is 6.04 Å². The molecule has 0 aromatic carbocycles. The van der Waals surface area contributed by atoms with Gasteiger partial charge in [-0.05, 0) is 48.6 Å². The summed E-state index contributed by atoms with van der Waals surface area (Å²) in [6.45, 7) is 4.56. The van der Waals surface area contributed by atoms with E-state index in [1.54, 1.807) is 11.3 Å². The van der Waals surface area contributed by atoms with Gasteiger partial charge in [-0.3, -0.25) is 0 Å². The summed E-state index contributed by atoms with van der Waals surface area (Å²) in [6.07, 6.45) is 4.27. The highest BCUT2D eigenvalue weighted by atomic mass is 32.1. The topological polar surface area (TPSA) is 12.0 Å². The third kappa shape index (κ3) is 2.82. The number of nitrogens with one attached hydrogen (secondary N) is 1. The van der Waals surface area contributed by atoms with Crippen molar-refractivity contribution in [2.24, 2.45) is 5.92 Å². The van der Waals surface area contributed by atoms with Crippen molar-refractivity contribution in [1.29, 1.82) is 0 Å². The second-order valence-electron chi connectivity index (χ2n) is 4.53. The monoisotopic (exact) mass is 209 g/mol. The lowest BCUT2D eigenvalue weighted by atomic mass is 10.1. The van der Waals surface area contributed by atoms with Crippen LogP contribution in [-0.2, 0) is 0 Å². The summed E-state index contributed by atoms with van der Waals surface area (Å²) in [6, 6.07) is 3.39. The van der Waals surface area contributed by atoms with Crippen LogP contribution in [0.5, 0.6) is 0 Å². The van der Waals surface area contributed by atoms with Gasteiger partial charge in [0, 0.05) is 12.1 Å². The second kappa shape index (κ2) is 4.45. The fourth-order valence-corrected chi connectivity index (χ4v) is 2.72. The Morgan fingerprint density at radius 1 is 1.50 bits per heavy atom. The molecule has 78 valence electrons. The zero-order valence-corrected chi connectivity index (χ0v) is 9.81. The van der Waals surface area contributed by atoms with Gasteiger partial charge in [0.15, 0.2) is 0 Å². The van der Waals surface area contributed by atoms with Gasteiger partial charge in [-0.2, -0.15) is 11.3 Å². The Hall–Kier alpha value is -0.340. The summed E-state index contributed by atoms with van der Waals surface area (Å²) in [4.78, 5) is 0. The summed E-state index contributed by atoms with van der Waals surface area (Å²) in [7, 11) is 0. The third-order valence-electron chi connectivity index (χ3n) is 2.96. The normalized spacial score (nSPS) is 20.7. The predicted molar refractivity (Wildman–Crippen MR) is 62.7 cm³/mol. The van der Waals surface area contributed by atoms with Crippen LogP contribution >= 0.6 is 11.3 Å². The summed E-state index contributed by atoms with van der Waals surface area (Å²) in [5.41, 5.74) is 1.43. The highest BCUT2D eigenvalue weighted by Gasteiger charge is 2.24. The minimum absolute atomic E-state index is 0.509. The molecule has 0 radical (unpaired) electrons. The fraction of sp³-hybridized carbons (Fsp3) is 0.667. The molecule has 14 heavy (non-hydrogen) atoms. The molecular formula is C12H19NS. The van der Waals surface area contributed by atoms with E-state index in [1.807, 2.05) is 0 Å². The van der Waals surface area contributed by atoms with E-state index < -0.39 is 0 Å². The Balaban J connectivity index is 1.78. The van der Waals surface area contributed by atoms with Crippen molar-refractivity contribution in [2.75, 3.05) is 0 Å². The van der Waals surface area contributed by atoms with Crippen LogP contribution in [0.1, 0.15) is 44.7 Å². The van der Waals surface area contributed by atoms with Crippen molar-refractivity contribution in [3.8, 4) is 0 Å². The van der Waals surface area contributed by atoms with Gasteiger partial charge in [0.05, 0.1) is 0 Å². The summed E-state index contributed by atoms with van der Waals surface area (Å²) >= 11 is 1.78. The molecule has 2 heteroatoms. The summed E-state index contributed by atoms with van der Waals surface area (Å²) in [5, 5.41) is 8.05. The van der Waals surface area contributed by atoms with Gasteiger partial charge < -0.3 is 5.32 Å². The SMILES string of the molecule is CC(CC1CC1)NC(C)c1ccsc1. The van der Waals surface area contributed by atoms with Crippen molar-refractivity contribution in [2.45, 2.75) is 45.2 Å².